The van der Waals surface area contributed by atoms with E-state index in [1.165, 1.54) is 13.2 Å². The van der Waals surface area contributed by atoms with Gasteiger partial charge in [-0.2, -0.15) is 0 Å². The van der Waals surface area contributed by atoms with E-state index in [4.69, 9.17) is 9.47 Å². The van der Waals surface area contributed by atoms with Gasteiger partial charge in [0, 0.05) is 5.56 Å². The lowest BCUT2D eigenvalue weighted by molar-refractivity contribution is -0.114. The Balaban J connectivity index is 2.11. The molecule has 1 unspecified atom stereocenters. The van der Waals surface area contributed by atoms with E-state index in [2.05, 4.69) is 19.9 Å². The molecule has 0 aromatic heterocycles. The number of aromatic hydroxyl groups is 1. The monoisotopic (exact) mass is 354 g/mol. The summed E-state index contributed by atoms with van der Waals surface area (Å²) in [7, 11) is 1.34. The fourth-order valence-electron chi connectivity index (χ4n) is 3.16. The van der Waals surface area contributed by atoms with Gasteiger partial charge in [-0.3, -0.25) is 9.59 Å². The predicted molar refractivity (Wildman–Crippen MR) is 98.4 cm³/mol. The van der Waals surface area contributed by atoms with E-state index >= 15 is 0 Å². The number of fused-ring (bicyclic) bond motifs is 2. The Bertz CT molecular complexity index is 886. The lowest BCUT2D eigenvalue weighted by Gasteiger charge is -2.23. The van der Waals surface area contributed by atoms with Crippen molar-refractivity contribution < 1.29 is 24.2 Å². The van der Waals surface area contributed by atoms with E-state index in [0.717, 1.165) is 23.3 Å². The fourth-order valence-corrected chi connectivity index (χ4v) is 3.16. The van der Waals surface area contributed by atoms with Crippen LogP contribution in [0.25, 0.3) is 12.2 Å². The normalized spacial score (nSPS) is 17.6. The number of allylic oxidation sites excluding steroid dienone is 3. The average molecular weight is 354 g/mol. The minimum atomic E-state index is -0.762. The van der Waals surface area contributed by atoms with Crippen molar-refractivity contribution in [1.29, 1.82) is 0 Å². The molecule has 1 N–H and O–H groups in total. The van der Waals surface area contributed by atoms with Crippen LogP contribution >= 0.6 is 0 Å². The molecule has 2 aliphatic rings. The molecule has 0 bridgehead atoms. The van der Waals surface area contributed by atoms with E-state index in [9.17, 15) is 14.7 Å². The summed E-state index contributed by atoms with van der Waals surface area (Å²) in [6.45, 7) is 6.41. The van der Waals surface area contributed by atoms with Crippen LogP contribution < -0.4 is 0 Å². The summed E-state index contributed by atoms with van der Waals surface area (Å²) in [4.78, 5) is 24.3. The van der Waals surface area contributed by atoms with Gasteiger partial charge in [-0.1, -0.05) is 26.3 Å². The molecule has 5 nitrogen and oxygen atoms in total. The Kier molecular flexibility index (Phi) is 4.72. The fraction of sp³-hybridized carbons (Fsp3) is 0.333. The maximum atomic E-state index is 12.3. The Labute approximate surface area is 152 Å². The van der Waals surface area contributed by atoms with Crippen LogP contribution in [-0.4, -0.2) is 23.8 Å². The standard InChI is InChI=1S/C21H22O5/c1-5-11(2)6-12(3)16-8-13-7-14-9-17(25-4)20(23)21(24)18(14)19(22)15(13)10-26-16/h6-9,11,22H,5,10H2,1-4H3/b12-6+. The molecule has 5 heteroatoms. The van der Waals surface area contributed by atoms with Crippen LogP contribution in [0.5, 0.6) is 5.75 Å². The maximum Gasteiger partial charge on any atom is 0.268 e. The summed E-state index contributed by atoms with van der Waals surface area (Å²) in [6, 6.07) is 1.78. The van der Waals surface area contributed by atoms with Crippen molar-refractivity contribution in [3.63, 3.8) is 0 Å². The number of ketones is 2. The minimum absolute atomic E-state index is 0.0156. The third-order valence-electron chi connectivity index (χ3n) is 4.86. The first-order valence-corrected chi connectivity index (χ1v) is 8.64. The van der Waals surface area contributed by atoms with E-state index < -0.39 is 11.6 Å². The van der Waals surface area contributed by atoms with E-state index in [0.29, 0.717) is 17.0 Å². The van der Waals surface area contributed by atoms with Crippen LogP contribution in [0.4, 0.5) is 0 Å². The maximum absolute atomic E-state index is 12.3. The molecule has 0 saturated carbocycles. The molecule has 26 heavy (non-hydrogen) atoms. The van der Waals surface area contributed by atoms with E-state index in [1.54, 1.807) is 6.07 Å². The lowest BCUT2D eigenvalue weighted by atomic mass is 9.87. The number of carbonyl (C=O) groups is 2. The highest BCUT2D eigenvalue weighted by molar-refractivity contribution is 6.51. The molecular formula is C21H22O5. The van der Waals surface area contributed by atoms with E-state index in [-0.39, 0.29) is 23.7 Å². The third-order valence-corrected chi connectivity index (χ3v) is 4.86. The van der Waals surface area contributed by atoms with Crippen LogP contribution in [0.15, 0.2) is 29.2 Å². The molecule has 136 valence electrons. The van der Waals surface area contributed by atoms with Crippen molar-refractivity contribution in [3.8, 4) is 5.75 Å². The molecule has 1 aromatic carbocycles. The molecule has 1 aliphatic carbocycles. The number of hydrogen-bond donors (Lipinski definition) is 1. The van der Waals surface area contributed by atoms with Crippen LogP contribution in [0, 0.1) is 5.92 Å². The molecule has 1 aromatic rings. The molecule has 0 saturated heterocycles. The van der Waals surface area contributed by atoms with Crippen LogP contribution in [-0.2, 0) is 20.9 Å². The number of ether oxygens (including phenoxy) is 2. The van der Waals surface area contributed by atoms with Crippen LogP contribution in [0.1, 0.15) is 54.2 Å². The first kappa shape index (κ1) is 18.0. The minimum Gasteiger partial charge on any atom is -0.507 e. The summed E-state index contributed by atoms with van der Waals surface area (Å²) in [6.07, 6.45) is 6.54. The number of methoxy groups -OCH3 is 1. The topological polar surface area (TPSA) is 72.8 Å². The van der Waals surface area contributed by atoms with Crippen molar-refractivity contribution in [1.82, 2.24) is 0 Å². The van der Waals surface area contributed by atoms with Crippen molar-refractivity contribution in [3.05, 3.63) is 51.5 Å². The van der Waals surface area contributed by atoms with Gasteiger partial charge in [0.25, 0.3) is 5.78 Å². The van der Waals surface area contributed by atoms with Crippen molar-refractivity contribution in [2.75, 3.05) is 7.11 Å². The molecular weight excluding hydrogens is 332 g/mol. The first-order valence-electron chi connectivity index (χ1n) is 8.64. The van der Waals surface area contributed by atoms with Gasteiger partial charge in [0.1, 0.15) is 18.1 Å². The molecule has 1 heterocycles. The Morgan fingerprint density at radius 3 is 2.69 bits per heavy atom. The molecule has 0 radical (unpaired) electrons. The van der Waals surface area contributed by atoms with Crippen molar-refractivity contribution in [2.45, 2.75) is 33.8 Å². The number of carbonyl (C=O) groups excluding carboxylic acids is 2. The number of rotatable bonds is 4. The summed E-state index contributed by atoms with van der Waals surface area (Å²) in [5, 5.41) is 10.6. The zero-order valence-corrected chi connectivity index (χ0v) is 15.4. The number of hydrogen-bond acceptors (Lipinski definition) is 5. The Morgan fingerprint density at radius 1 is 1.31 bits per heavy atom. The second kappa shape index (κ2) is 6.83. The predicted octanol–water partition coefficient (Wildman–Crippen LogP) is 4.01. The highest BCUT2D eigenvalue weighted by Crippen LogP contribution is 2.39. The Hall–Kier alpha value is -2.82. The van der Waals surface area contributed by atoms with Crippen LogP contribution in [0.3, 0.4) is 0 Å². The van der Waals surface area contributed by atoms with Gasteiger partial charge in [0.15, 0.2) is 5.76 Å². The average Bonchev–Trinajstić information content (AvgIpc) is 2.63. The van der Waals surface area contributed by atoms with Crippen molar-refractivity contribution in [2.24, 2.45) is 5.92 Å². The van der Waals surface area contributed by atoms with Gasteiger partial charge in [-0.05, 0) is 47.8 Å². The second-order valence-corrected chi connectivity index (χ2v) is 6.66. The summed E-state index contributed by atoms with van der Waals surface area (Å²) >= 11 is 0. The third kappa shape index (κ3) is 2.94. The molecule has 3 rings (SSSR count). The van der Waals surface area contributed by atoms with Gasteiger partial charge in [-0.15, -0.1) is 0 Å². The smallest absolute Gasteiger partial charge is 0.268 e. The zero-order chi connectivity index (χ0) is 19.0. The Morgan fingerprint density at radius 2 is 2.04 bits per heavy atom. The SMILES string of the molecule is CCC(C)/C=C(\C)C1=Cc2cc3c(c(O)c2CO1)C(=O)C(=O)C(OC)=C3. The quantitative estimate of drug-likeness (QED) is 0.827. The molecule has 0 fully saturated rings. The largest absolute Gasteiger partial charge is 0.507 e. The first-order chi connectivity index (χ1) is 12.4. The summed E-state index contributed by atoms with van der Waals surface area (Å²) < 4.78 is 10.8. The molecule has 0 amide bonds. The lowest BCUT2D eigenvalue weighted by Crippen LogP contribution is -2.23. The summed E-state index contributed by atoms with van der Waals surface area (Å²) in [5.41, 5.74) is 2.81. The molecule has 1 aliphatic heterocycles. The zero-order valence-electron chi connectivity index (χ0n) is 15.4. The van der Waals surface area contributed by atoms with Gasteiger partial charge in [0.2, 0.25) is 5.78 Å². The van der Waals surface area contributed by atoms with Gasteiger partial charge < -0.3 is 14.6 Å². The molecule has 1 atom stereocenters. The van der Waals surface area contributed by atoms with Gasteiger partial charge in [-0.25, -0.2) is 0 Å². The van der Waals surface area contributed by atoms with Crippen LogP contribution in [0.2, 0.25) is 0 Å². The summed E-state index contributed by atoms with van der Waals surface area (Å²) in [5.74, 6) is -0.551. The number of Topliss-reactive ketones (excluding diaryl/α,β-unsaturated/α-hetero) is 2. The highest BCUT2D eigenvalue weighted by atomic mass is 16.5. The van der Waals surface area contributed by atoms with Crippen molar-refractivity contribution >= 4 is 23.7 Å². The highest BCUT2D eigenvalue weighted by Gasteiger charge is 2.33. The van der Waals surface area contributed by atoms with Gasteiger partial charge in [0.05, 0.1) is 12.7 Å². The molecule has 0 spiro atoms. The van der Waals surface area contributed by atoms with E-state index in [1.807, 2.05) is 13.0 Å². The number of phenolic OH excluding ortho intramolecular Hbond substituents is 1. The number of phenols is 1. The van der Waals surface area contributed by atoms with Gasteiger partial charge >= 0.3 is 0 Å². The second-order valence-electron chi connectivity index (χ2n) is 6.66. The number of benzene rings is 1.